The lowest BCUT2D eigenvalue weighted by molar-refractivity contribution is -0.0176. The number of ether oxygens (including phenoxy) is 1. The van der Waals surface area contributed by atoms with Gasteiger partial charge in [0.05, 0.1) is 0 Å². The first kappa shape index (κ1) is 9.07. The molecule has 1 spiro atoms. The Hall–Kier alpha value is -0.500. The zero-order chi connectivity index (χ0) is 9.15. The van der Waals surface area contributed by atoms with Crippen LogP contribution in [0.15, 0.2) is 12.8 Å². The van der Waals surface area contributed by atoms with Crippen LogP contribution in [0, 0.1) is 5.41 Å². The predicted octanol–water partition coefficient (Wildman–Crippen LogP) is 2.02. The first-order chi connectivity index (χ1) is 6.35. The van der Waals surface area contributed by atoms with Gasteiger partial charge in [-0.05, 0) is 37.3 Å². The van der Waals surface area contributed by atoms with Crippen molar-refractivity contribution in [3.63, 3.8) is 0 Å². The molecule has 0 aromatic carbocycles. The van der Waals surface area contributed by atoms with Gasteiger partial charge in [-0.1, -0.05) is 6.58 Å². The van der Waals surface area contributed by atoms with Gasteiger partial charge in [-0.25, -0.2) is 0 Å². The zero-order valence-corrected chi connectivity index (χ0v) is 8.30. The van der Waals surface area contributed by atoms with Gasteiger partial charge in [-0.15, -0.1) is 0 Å². The van der Waals surface area contributed by atoms with Crippen LogP contribution >= 0.6 is 0 Å². The molecule has 0 atom stereocenters. The molecular weight excluding hydrogens is 162 g/mol. The van der Waals surface area contributed by atoms with Crippen LogP contribution in [0.25, 0.3) is 0 Å². The van der Waals surface area contributed by atoms with E-state index in [1.165, 1.54) is 38.8 Å². The lowest BCUT2D eigenvalue weighted by atomic mass is 9.74. The number of piperidine rings is 1. The van der Waals surface area contributed by atoms with E-state index in [1.807, 2.05) is 6.20 Å². The van der Waals surface area contributed by atoms with Crippen molar-refractivity contribution >= 4 is 0 Å². The minimum Gasteiger partial charge on any atom is -0.381 e. The fourth-order valence-electron chi connectivity index (χ4n) is 2.61. The molecule has 0 radical (unpaired) electrons. The quantitative estimate of drug-likeness (QED) is 0.613. The van der Waals surface area contributed by atoms with E-state index < -0.39 is 0 Å². The summed E-state index contributed by atoms with van der Waals surface area (Å²) in [5.41, 5.74) is 0.560. The molecule has 2 nitrogen and oxygen atoms in total. The van der Waals surface area contributed by atoms with Crippen LogP contribution in [-0.4, -0.2) is 31.2 Å². The fraction of sp³-hybridized carbons (Fsp3) is 0.818. The van der Waals surface area contributed by atoms with Crippen molar-refractivity contribution in [1.29, 1.82) is 0 Å². The van der Waals surface area contributed by atoms with Crippen LogP contribution in [0.5, 0.6) is 0 Å². The summed E-state index contributed by atoms with van der Waals surface area (Å²) in [6.45, 7) is 8.19. The summed E-state index contributed by atoms with van der Waals surface area (Å²) >= 11 is 0. The molecule has 2 rings (SSSR count). The molecule has 0 bridgehead atoms. The predicted molar refractivity (Wildman–Crippen MR) is 53.5 cm³/mol. The standard InChI is InChI=1S/C11H19NO/c1-2-12-7-3-4-11(10-12)5-8-13-9-6-11/h2H,1,3-10H2. The number of rotatable bonds is 1. The largest absolute Gasteiger partial charge is 0.381 e. The maximum atomic E-state index is 5.42. The normalized spacial score (nSPS) is 27.5. The molecule has 0 aromatic heterocycles. The molecule has 0 unspecified atom stereocenters. The number of nitrogens with zero attached hydrogens (tertiary/aromatic N) is 1. The summed E-state index contributed by atoms with van der Waals surface area (Å²) in [5, 5.41) is 0. The Morgan fingerprint density at radius 1 is 1.23 bits per heavy atom. The van der Waals surface area contributed by atoms with E-state index in [9.17, 15) is 0 Å². The van der Waals surface area contributed by atoms with Crippen LogP contribution < -0.4 is 0 Å². The molecule has 2 saturated heterocycles. The summed E-state index contributed by atoms with van der Waals surface area (Å²) < 4.78 is 5.42. The van der Waals surface area contributed by atoms with Crippen LogP contribution in [0.3, 0.4) is 0 Å². The van der Waals surface area contributed by atoms with Gasteiger partial charge in [0.1, 0.15) is 0 Å². The van der Waals surface area contributed by atoms with Gasteiger partial charge in [0.25, 0.3) is 0 Å². The summed E-state index contributed by atoms with van der Waals surface area (Å²) in [6, 6.07) is 0. The Bertz CT molecular complexity index is 179. The second-order valence-corrected chi connectivity index (χ2v) is 4.37. The number of likely N-dealkylation sites (tertiary alicyclic amines) is 1. The van der Waals surface area contributed by atoms with Crippen molar-refractivity contribution < 1.29 is 4.74 Å². The van der Waals surface area contributed by atoms with Crippen molar-refractivity contribution in [1.82, 2.24) is 4.90 Å². The molecule has 2 heterocycles. The highest BCUT2D eigenvalue weighted by molar-refractivity contribution is 4.91. The molecular formula is C11H19NO. The van der Waals surface area contributed by atoms with E-state index in [0.717, 1.165) is 13.2 Å². The lowest BCUT2D eigenvalue weighted by Crippen LogP contribution is -2.43. The number of hydrogen-bond acceptors (Lipinski definition) is 2. The molecule has 13 heavy (non-hydrogen) atoms. The third kappa shape index (κ3) is 1.88. The second-order valence-electron chi connectivity index (χ2n) is 4.37. The van der Waals surface area contributed by atoms with Gasteiger partial charge < -0.3 is 9.64 Å². The van der Waals surface area contributed by atoms with E-state index >= 15 is 0 Å². The average Bonchev–Trinajstić information content (AvgIpc) is 2.19. The first-order valence-electron chi connectivity index (χ1n) is 5.29. The molecule has 2 aliphatic rings. The summed E-state index contributed by atoms with van der Waals surface area (Å²) in [4.78, 5) is 2.37. The van der Waals surface area contributed by atoms with E-state index in [4.69, 9.17) is 4.74 Å². The monoisotopic (exact) mass is 181 g/mol. The van der Waals surface area contributed by atoms with Crippen molar-refractivity contribution in [2.45, 2.75) is 25.7 Å². The topological polar surface area (TPSA) is 12.5 Å². The van der Waals surface area contributed by atoms with Gasteiger partial charge in [0, 0.05) is 26.3 Å². The Labute approximate surface area is 80.6 Å². The highest BCUT2D eigenvalue weighted by atomic mass is 16.5. The van der Waals surface area contributed by atoms with Crippen LogP contribution in [-0.2, 0) is 4.74 Å². The Morgan fingerprint density at radius 2 is 2.00 bits per heavy atom. The molecule has 74 valence electrons. The maximum Gasteiger partial charge on any atom is 0.0472 e. The minimum atomic E-state index is 0.560. The van der Waals surface area contributed by atoms with E-state index in [1.54, 1.807) is 0 Å². The first-order valence-corrected chi connectivity index (χ1v) is 5.29. The Balaban J connectivity index is 1.99. The number of hydrogen-bond donors (Lipinski definition) is 0. The van der Waals surface area contributed by atoms with E-state index in [-0.39, 0.29) is 0 Å². The van der Waals surface area contributed by atoms with Gasteiger partial charge in [0.15, 0.2) is 0 Å². The molecule has 0 saturated carbocycles. The van der Waals surface area contributed by atoms with Crippen molar-refractivity contribution in [2.75, 3.05) is 26.3 Å². The molecule has 0 amide bonds. The highest BCUT2D eigenvalue weighted by Gasteiger charge is 2.35. The minimum absolute atomic E-state index is 0.560. The van der Waals surface area contributed by atoms with Gasteiger partial charge in [-0.3, -0.25) is 0 Å². The van der Waals surface area contributed by atoms with Crippen LogP contribution in [0.1, 0.15) is 25.7 Å². The zero-order valence-electron chi connectivity index (χ0n) is 8.30. The van der Waals surface area contributed by atoms with Crippen LogP contribution in [0.4, 0.5) is 0 Å². The van der Waals surface area contributed by atoms with Gasteiger partial charge >= 0.3 is 0 Å². The molecule has 0 N–H and O–H groups in total. The van der Waals surface area contributed by atoms with E-state index in [2.05, 4.69) is 11.5 Å². The third-order valence-electron chi connectivity index (χ3n) is 3.50. The van der Waals surface area contributed by atoms with Crippen molar-refractivity contribution in [2.24, 2.45) is 5.41 Å². The molecule has 0 aliphatic carbocycles. The molecule has 2 fully saturated rings. The van der Waals surface area contributed by atoms with Crippen LogP contribution in [0.2, 0.25) is 0 Å². The summed E-state index contributed by atoms with van der Waals surface area (Å²) in [5.74, 6) is 0. The van der Waals surface area contributed by atoms with Crippen molar-refractivity contribution in [3.8, 4) is 0 Å². The van der Waals surface area contributed by atoms with Gasteiger partial charge in [-0.2, -0.15) is 0 Å². The molecule has 2 aliphatic heterocycles. The SMILES string of the molecule is C=CN1CCCC2(CCOCC2)C1. The Morgan fingerprint density at radius 3 is 2.69 bits per heavy atom. The fourth-order valence-corrected chi connectivity index (χ4v) is 2.61. The summed E-state index contributed by atoms with van der Waals surface area (Å²) in [6.07, 6.45) is 7.21. The van der Waals surface area contributed by atoms with E-state index in [0.29, 0.717) is 5.41 Å². The lowest BCUT2D eigenvalue weighted by Gasteiger charge is -2.44. The Kier molecular flexibility index (Phi) is 2.58. The maximum absolute atomic E-state index is 5.42. The highest BCUT2D eigenvalue weighted by Crippen LogP contribution is 2.38. The molecule has 2 heteroatoms. The summed E-state index contributed by atoms with van der Waals surface area (Å²) in [7, 11) is 0. The smallest absolute Gasteiger partial charge is 0.0472 e. The van der Waals surface area contributed by atoms with Gasteiger partial charge in [0.2, 0.25) is 0 Å². The molecule has 0 aromatic rings. The van der Waals surface area contributed by atoms with Crippen molar-refractivity contribution in [3.05, 3.63) is 12.8 Å². The third-order valence-corrected chi connectivity index (χ3v) is 3.50. The average molecular weight is 181 g/mol. The second kappa shape index (κ2) is 3.70.